The van der Waals surface area contributed by atoms with Crippen LogP contribution in [0.4, 0.5) is 0 Å². The van der Waals surface area contributed by atoms with Gasteiger partial charge in [-0.3, -0.25) is 4.79 Å². The average molecular weight is 255 g/mol. The minimum Gasteiger partial charge on any atom is -0.382 e. The Bertz CT molecular complexity index is 371. The van der Waals surface area contributed by atoms with Crippen LogP contribution in [0.15, 0.2) is 29.2 Å². The summed E-state index contributed by atoms with van der Waals surface area (Å²) in [5.74, 6) is -0.140. The van der Waals surface area contributed by atoms with Crippen LogP contribution in [-0.2, 0) is 9.47 Å². The van der Waals surface area contributed by atoms with Gasteiger partial charge in [0, 0.05) is 31.2 Å². The van der Waals surface area contributed by atoms with E-state index in [2.05, 4.69) is 17.9 Å². The fraction of sp³-hybridized carbons (Fsp3) is 0.417. The Labute approximate surface area is 107 Å². The van der Waals surface area contributed by atoms with Crippen molar-refractivity contribution in [2.24, 2.45) is 0 Å². The first-order valence-electron chi connectivity index (χ1n) is 5.26. The molecule has 1 unspecified atom stereocenters. The van der Waals surface area contributed by atoms with Gasteiger partial charge in [0.2, 0.25) is 0 Å². The zero-order chi connectivity index (χ0) is 12.7. The van der Waals surface area contributed by atoms with Crippen LogP contribution in [0.2, 0.25) is 0 Å². The van der Waals surface area contributed by atoms with Crippen molar-refractivity contribution >= 4 is 18.5 Å². The number of carbonyl (C=O) groups is 1. The SMILES string of the molecule is COCC(CNC(=O)c1cccc(S)c1)OC. The van der Waals surface area contributed by atoms with Crippen LogP contribution < -0.4 is 5.32 Å². The Hall–Kier alpha value is -1.04. The Morgan fingerprint density at radius 2 is 2.24 bits per heavy atom. The highest BCUT2D eigenvalue weighted by Crippen LogP contribution is 2.08. The standard InChI is InChI=1S/C12H17NO3S/c1-15-8-10(16-2)7-13-12(14)9-4-3-5-11(17)6-9/h3-6,10,17H,7-8H2,1-2H3,(H,13,14). The monoisotopic (exact) mass is 255 g/mol. The van der Waals surface area contributed by atoms with Crippen LogP contribution in [-0.4, -0.2) is 39.4 Å². The molecule has 1 N–H and O–H groups in total. The number of nitrogens with one attached hydrogen (secondary N) is 1. The maximum atomic E-state index is 11.8. The van der Waals surface area contributed by atoms with Crippen LogP contribution in [0, 0.1) is 0 Å². The summed E-state index contributed by atoms with van der Waals surface area (Å²) >= 11 is 4.18. The molecular weight excluding hydrogens is 238 g/mol. The zero-order valence-electron chi connectivity index (χ0n) is 9.97. The Kier molecular flexibility index (Phi) is 6.04. The highest BCUT2D eigenvalue weighted by atomic mass is 32.1. The maximum Gasteiger partial charge on any atom is 0.251 e. The molecule has 0 heterocycles. The topological polar surface area (TPSA) is 47.6 Å². The van der Waals surface area contributed by atoms with Gasteiger partial charge in [0.05, 0.1) is 12.7 Å². The summed E-state index contributed by atoms with van der Waals surface area (Å²) in [6.07, 6.45) is -0.136. The van der Waals surface area contributed by atoms with Crippen LogP contribution in [0.3, 0.4) is 0 Å². The van der Waals surface area contributed by atoms with Crippen molar-refractivity contribution in [3.05, 3.63) is 29.8 Å². The van der Waals surface area contributed by atoms with Gasteiger partial charge in [-0.1, -0.05) is 6.07 Å². The van der Waals surface area contributed by atoms with Crippen molar-refractivity contribution in [1.29, 1.82) is 0 Å². The number of thiol groups is 1. The first-order valence-corrected chi connectivity index (χ1v) is 5.71. The van der Waals surface area contributed by atoms with Crippen LogP contribution in [0.5, 0.6) is 0 Å². The average Bonchev–Trinajstić information content (AvgIpc) is 2.34. The fourth-order valence-corrected chi connectivity index (χ4v) is 1.58. The van der Waals surface area contributed by atoms with E-state index in [0.717, 1.165) is 4.90 Å². The van der Waals surface area contributed by atoms with Gasteiger partial charge in [-0.05, 0) is 18.2 Å². The van der Waals surface area contributed by atoms with E-state index in [1.807, 2.05) is 6.07 Å². The second-order valence-electron chi connectivity index (χ2n) is 3.57. The number of ether oxygens (including phenoxy) is 2. The summed E-state index contributed by atoms with van der Waals surface area (Å²) in [5.41, 5.74) is 0.588. The quantitative estimate of drug-likeness (QED) is 0.755. The zero-order valence-corrected chi connectivity index (χ0v) is 10.9. The van der Waals surface area contributed by atoms with Gasteiger partial charge in [-0.25, -0.2) is 0 Å². The number of hydrogen-bond acceptors (Lipinski definition) is 4. The molecule has 0 radical (unpaired) electrons. The third-order valence-corrected chi connectivity index (χ3v) is 2.56. The molecule has 94 valence electrons. The van der Waals surface area contributed by atoms with Gasteiger partial charge in [-0.15, -0.1) is 12.6 Å². The second-order valence-corrected chi connectivity index (χ2v) is 4.09. The van der Waals surface area contributed by atoms with E-state index in [1.54, 1.807) is 32.4 Å². The summed E-state index contributed by atoms with van der Waals surface area (Å²) in [4.78, 5) is 12.5. The van der Waals surface area contributed by atoms with E-state index in [1.165, 1.54) is 0 Å². The highest BCUT2D eigenvalue weighted by molar-refractivity contribution is 7.80. The Balaban J connectivity index is 2.49. The molecule has 0 aliphatic rings. The van der Waals surface area contributed by atoms with Gasteiger partial charge >= 0.3 is 0 Å². The lowest BCUT2D eigenvalue weighted by atomic mass is 10.2. The summed E-state index contributed by atoms with van der Waals surface area (Å²) in [5, 5.41) is 2.78. The van der Waals surface area contributed by atoms with Gasteiger partial charge < -0.3 is 14.8 Å². The summed E-state index contributed by atoms with van der Waals surface area (Å²) < 4.78 is 10.1. The lowest BCUT2D eigenvalue weighted by molar-refractivity contribution is 0.0285. The molecule has 1 amide bonds. The van der Waals surface area contributed by atoms with E-state index in [-0.39, 0.29) is 12.0 Å². The first-order chi connectivity index (χ1) is 8.17. The number of benzene rings is 1. The Morgan fingerprint density at radius 1 is 1.47 bits per heavy atom. The molecule has 0 saturated carbocycles. The number of methoxy groups -OCH3 is 2. The van der Waals surface area contributed by atoms with E-state index in [4.69, 9.17) is 9.47 Å². The van der Waals surface area contributed by atoms with Gasteiger partial charge in [0.1, 0.15) is 0 Å². The molecule has 0 saturated heterocycles. The van der Waals surface area contributed by atoms with Gasteiger partial charge in [0.15, 0.2) is 0 Å². The number of carbonyl (C=O) groups excluding carboxylic acids is 1. The lowest BCUT2D eigenvalue weighted by Crippen LogP contribution is -2.35. The van der Waals surface area contributed by atoms with Crippen molar-refractivity contribution < 1.29 is 14.3 Å². The summed E-state index contributed by atoms with van der Waals surface area (Å²) in [6.45, 7) is 0.864. The highest BCUT2D eigenvalue weighted by Gasteiger charge is 2.10. The number of amides is 1. The summed E-state index contributed by atoms with van der Waals surface area (Å²) in [6, 6.07) is 7.08. The second kappa shape index (κ2) is 7.32. The minimum atomic E-state index is -0.140. The molecule has 1 atom stereocenters. The molecular formula is C12H17NO3S. The van der Waals surface area contributed by atoms with Crippen molar-refractivity contribution in [1.82, 2.24) is 5.32 Å². The van der Waals surface area contributed by atoms with Crippen LogP contribution >= 0.6 is 12.6 Å². The van der Waals surface area contributed by atoms with E-state index >= 15 is 0 Å². The van der Waals surface area contributed by atoms with E-state index in [0.29, 0.717) is 18.7 Å². The molecule has 1 aromatic carbocycles. The number of hydrogen-bond donors (Lipinski definition) is 2. The molecule has 0 fully saturated rings. The smallest absolute Gasteiger partial charge is 0.251 e. The predicted octanol–water partition coefficient (Wildman–Crippen LogP) is 1.37. The van der Waals surface area contributed by atoms with Crippen molar-refractivity contribution in [2.45, 2.75) is 11.0 Å². The molecule has 17 heavy (non-hydrogen) atoms. The van der Waals surface area contributed by atoms with Crippen molar-refractivity contribution in [3.8, 4) is 0 Å². The molecule has 5 heteroatoms. The van der Waals surface area contributed by atoms with Gasteiger partial charge in [0.25, 0.3) is 5.91 Å². The largest absolute Gasteiger partial charge is 0.382 e. The Morgan fingerprint density at radius 3 is 2.82 bits per heavy atom. The van der Waals surface area contributed by atoms with Gasteiger partial charge in [-0.2, -0.15) is 0 Å². The predicted molar refractivity (Wildman–Crippen MR) is 68.7 cm³/mol. The van der Waals surface area contributed by atoms with Crippen LogP contribution in [0.25, 0.3) is 0 Å². The molecule has 0 aromatic heterocycles. The molecule has 4 nitrogen and oxygen atoms in total. The van der Waals surface area contributed by atoms with Crippen molar-refractivity contribution in [3.63, 3.8) is 0 Å². The molecule has 1 aromatic rings. The maximum absolute atomic E-state index is 11.8. The lowest BCUT2D eigenvalue weighted by Gasteiger charge is -2.15. The van der Waals surface area contributed by atoms with E-state index in [9.17, 15) is 4.79 Å². The molecule has 0 bridgehead atoms. The first kappa shape index (κ1) is 14.0. The fourth-order valence-electron chi connectivity index (χ4n) is 1.35. The molecule has 1 rings (SSSR count). The normalized spacial score (nSPS) is 12.2. The van der Waals surface area contributed by atoms with E-state index < -0.39 is 0 Å². The van der Waals surface area contributed by atoms with Crippen LogP contribution in [0.1, 0.15) is 10.4 Å². The third kappa shape index (κ3) is 4.77. The van der Waals surface area contributed by atoms with Crippen molar-refractivity contribution in [2.75, 3.05) is 27.4 Å². The molecule has 0 aliphatic heterocycles. The molecule has 0 aliphatic carbocycles. The number of rotatable bonds is 6. The summed E-state index contributed by atoms with van der Waals surface area (Å²) in [7, 11) is 3.18. The molecule has 0 spiro atoms. The minimum absolute atomic E-state index is 0.136. The third-order valence-electron chi connectivity index (χ3n) is 2.28.